The van der Waals surface area contributed by atoms with Crippen LogP contribution in [-0.4, -0.2) is 26.9 Å². The highest BCUT2D eigenvalue weighted by atomic mass is 32.2. The van der Waals surface area contributed by atoms with Crippen LogP contribution in [0, 0.1) is 0 Å². The first-order valence-corrected chi connectivity index (χ1v) is 7.94. The quantitative estimate of drug-likeness (QED) is 0.675. The number of benzene rings is 1. The van der Waals surface area contributed by atoms with E-state index in [9.17, 15) is 13.2 Å². The largest absolute Gasteiger partial charge is 0.352 e. The smallest absolute Gasteiger partial charge is 0.240 e. The van der Waals surface area contributed by atoms with Crippen molar-refractivity contribution in [2.75, 3.05) is 6.54 Å². The molecule has 0 aliphatic carbocycles. The highest BCUT2D eigenvalue weighted by Gasteiger charge is 2.12. The molecule has 1 unspecified atom stereocenters. The molecule has 0 heterocycles. The summed E-state index contributed by atoms with van der Waals surface area (Å²) < 4.78 is 25.9. The van der Waals surface area contributed by atoms with E-state index in [2.05, 4.69) is 10.0 Å². The minimum Gasteiger partial charge on any atom is -0.352 e. The SMILES string of the molecule is CCNS(=O)(=O)c1ccc(CNC(=O)CC(C)N)cc1. The van der Waals surface area contributed by atoms with Gasteiger partial charge >= 0.3 is 0 Å². The third-order valence-corrected chi connectivity index (χ3v) is 4.13. The molecule has 4 N–H and O–H groups in total. The second-order valence-corrected chi connectivity index (χ2v) is 6.37. The van der Waals surface area contributed by atoms with Crippen molar-refractivity contribution < 1.29 is 13.2 Å². The van der Waals surface area contributed by atoms with Crippen LogP contribution in [0.25, 0.3) is 0 Å². The molecule has 0 radical (unpaired) electrons. The molecule has 0 spiro atoms. The van der Waals surface area contributed by atoms with Gasteiger partial charge in [0.15, 0.2) is 0 Å². The second-order valence-electron chi connectivity index (χ2n) is 4.60. The molecule has 0 aliphatic heterocycles. The number of hydrogen-bond donors (Lipinski definition) is 3. The summed E-state index contributed by atoms with van der Waals surface area (Å²) in [5.74, 6) is -0.121. The Hall–Kier alpha value is -1.44. The maximum Gasteiger partial charge on any atom is 0.240 e. The molecular weight excluding hydrogens is 278 g/mol. The molecule has 112 valence electrons. The summed E-state index contributed by atoms with van der Waals surface area (Å²) >= 11 is 0. The van der Waals surface area contributed by atoms with Gasteiger partial charge in [0, 0.05) is 25.6 Å². The van der Waals surface area contributed by atoms with Gasteiger partial charge in [-0.15, -0.1) is 0 Å². The van der Waals surface area contributed by atoms with E-state index < -0.39 is 10.0 Å². The highest BCUT2D eigenvalue weighted by Crippen LogP contribution is 2.10. The number of nitrogens with one attached hydrogen (secondary N) is 2. The van der Waals surface area contributed by atoms with Crippen molar-refractivity contribution in [3.8, 4) is 0 Å². The number of carbonyl (C=O) groups excluding carboxylic acids is 1. The van der Waals surface area contributed by atoms with Crippen LogP contribution in [0.3, 0.4) is 0 Å². The number of hydrogen-bond acceptors (Lipinski definition) is 4. The first-order chi connectivity index (χ1) is 9.35. The van der Waals surface area contributed by atoms with Gasteiger partial charge in [0.25, 0.3) is 0 Å². The zero-order valence-electron chi connectivity index (χ0n) is 11.7. The van der Waals surface area contributed by atoms with Gasteiger partial charge in [0.2, 0.25) is 15.9 Å². The number of nitrogens with two attached hydrogens (primary N) is 1. The van der Waals surface area contributed by atoms with Crippen LogP contribution >= 0.6 is 0 Å². The van der Waals surface area contributed by atoms with Crippen LogP contribution in [0.4, 0.5) is 0 Å². The standard InChI is InChI=1S/C13H21N3O3S/c1-3-16-20(18,19)12-6-4-11(5-7-12)9-15-13(17)8-10(2)14/h4-7,10,16H,3,8-9,14H2,1-2H3,(H,15,17). The Morgan fingerprint density at radius 2 is 1.90 bits per heavy atom. The monoisotopic (exact) mass is 299 g/mol. The molecule has 0 aliphatic rings. The fourth-order valence-corrected chi connectivity index (χ4v) is 2.67. The molecule has 20 heavy (non-hydrogen) atoms. The van der Waals surface area contributed by atoms with Crippen LogP contribution in [0.2, 0.25) is 0 Å². The van der Waals surface area contributed by atoms with Gasteiger partial charge in [-0.25, -0.2) is 13.1 Å². The summed E-state index contributed by atoms with van der Waals surface area (Å²) in [6.45, 7) is 4.18. The van der Waals surface area contributed by atoms with E-state index >= 15 is 0 Å². The fraction of sp³-hybridized carbons (Fsp3) is 0.462. The molecular formula is C13H21N3O3S. The molecule has 1 amide bonds. The molecule has 0 saturated carbocycles. The van der Waals surface area contributed by atoms with Gasteiger partial charge in [-0.3, -0.25) is 4.79 Å². The van der Waals surface area contributed by atoms with Crippen molar-refractivity contribution in [1.82, 2.24) is 10.0 Å². The third-order valence-electron chi connectivity index (χ3n) is 2.57. The Bertz CT molecular complexity index is 538. The molecule has 0 fully saturated rings. The lowest BCUT2D eigenvalue weighted by atomic mass is 10.2. The minimum absolute atomic E-state index is 0.121. The molecule has 0 aromatic heterocycles. The average Bonchev–Trinajstić information content (AvgIpc) is 2.36. The van der Waals surface area contributed by atoms with Gasteiger partial charge in [0.1, 0.15) is 0 Å². The van der Waals surface area contributed by atoms with Crippen molar-refractivity contribution in [1.29, 1.82) is 0 Å². The lowest BCUT2D eigenvalue weighted by Crippen LogP contribution is -2.29. The first kappa shape index (κ1) is 16.6. The number of carbonyl (C=O) groups is 1. The number of sulfonamides is 1. The van der Waals surface area contributed by atoms with Crippen molar-refractivity contribution in [3.05, 3.63) is 29.8 Å². The van der Waals surface area contributed by atoms with Gasteiger partial charge in [-0.05, 0) is 24.6 Å². The molecule has 0 saturated heterocycles. The van der Waals surface area contributed by atoms with Crippen LogP contribution in [0.1, 0.15) is 25.8 Å². The van der Waals surface area contributed by atoms with E-state index in [-0.39, 0.29) is 23.3 Å². The van der Waals surface area contributed by atoms with Crippen LogP contribution < -0.4 is 15.8 Å². The predicted octanol–water partition coefficient (Wildman–Crippen LogP) is 0.338. The molecule has 0 bridgehead atoms. The average molecular weight is 299 g/mol. The molecule has 1 aromatic carbocycles. The maximum atomic E-state index is 11.7. The predicted molar refractivity (Wildman–Crippen MR) is 77.4 cm³/mol. The van der Waals surface area contributed by atoms with Crippen LogP contribution in [-0.2, 0) is 21.4 Å². The van der Waals surface area contributed by atoms with Crippen molar-refractivity contribution in [2.24, 2.45) is 5.73 Å². The summed E-state index contributed by atoms with van der Waals surface area (Å²) in [7, 11) is -3.43. The first-order valence-electron chi connectivity index (χ1n) is 6.46. The molecule has 1 rings (SSSR count). The molecule has 1 aromatic rings. The Labute approximate surface area is 119 Å². The summed E-state index contributed by atoms with van der Waals surface area (Å²) in [4.78, 5) is 11.7. The van der Waals surface area contributed by atoms with E-state index in [1.165, 1.54) is 12.1 Å². The van der Waals surface area contributed by atoms with E-state index in [0.29, 0.717) is 13.1 Å². The highest BCUT2D eigenvalue weighted by molar-refractivity contribution is 7.89. The lowest BCUT2D eigenvalue weighted by Gasteiger charge is -2.08. The van der Waals surface area contributed by atoms with Gasteiger partial charge < -0.3 is 11.1 Å². The summed E-state index contributed by atoms with van der Waals surface area (Å²) in [6.07, 6.45) is 0.271. The van der Waals surface area contributed by atoms with Gasteiger partial charge in [-0.2, -0.15) is 0 Å². The number of rotatable bonds is 7. The Morgan fingerprint density at radius 3 is 2.40 bits per heavy atom. The van der Waals surface area contributed by atoms with E-state index in [4.69, 9.17) is 5.73 Å². The fourth-order valence-electron chi connectivity index (χ4n) is 1.63. The Balaban J connectivity index is 2.61. The Morgan fingerprint density at radius 1 is 1.30 bits per heavy atom. The lowest BCUT2D eigenvalue weighted by molar-refractivity contribution is -0.121. The van der Waals surface area contributed by atoms with Crippen LogP contribution in [0.5, 0.6) is 0 Å². The number of amides is 1. The minimum atomic E-state index is -3.43. The van der Waals surface area contributed by atoms with E-state index in [1.807, 2.05) is 0 Å². The van der Waals surface area contributed by atoms with Crippen LogP contribution in [0.15, 0.2) is 29.2 Å². The second kappa shape index (κ2) is 7.37. The normalized spacial score (nSPS) is 12.9. The summed E-state index contributed by atoms with van der Waals surface area (Å²) in [5, 5.41) is 2.73. The summed E-state index contributed by atoms with van der Waals surface area (Å²) in [6, 6.07) is 6.21. The Kier molecular flexibility index (Phi) is 6.12. The zero-order chi connectivity index (χ0) is 15.2. The summed E-state index contributed by atoms with van der Waals surface area (Å²) in [5.41, 5.74) is 6.36. The van der Waals surface area contributed by atoms with E-state index in [1.54, 1.807) is 26.0 Å². The third kappa shape index (κ3) is 5.28. The zero-order valence-corrected chi connectivity index (χ0v) is 12.5. The van der Waals surface area contributed by atoms with Gasteiger partial charge in [0.05, 0.1) is 4.90 Å². The van der Waals surface area contributed by atoms with Crippen molar-refractivity contribution in [3.63, 3.8) is 0 Å². The maximum absolute atomic E-state index is 11.7. The van der Waals surface area contributed by atoms with Crippen molar-refractivity contribution >= 4 is 15.9 Å². The topological polar surface area (TPSA) is 101 Å². The molecule has 6 nitrogen and oxygen atoms in total. The van der Waals surface area contributed by atoms with Crippen molar-refractivity contribution in [2.45, 2.75) is 37.8 Å². The molecule has 1 atom stereocenters. The molecule has 7 heteroatoms. The van der Waals surface area contributed by atoms with E-state index in [0.717, 1.165) is 5.56 Å². The van der Waals surface area contributed by atoms with Gasteiger partial charge in [-0.1, -0.05) is 19.1 Å².